The molecule has 1 fully saturated rings. The number of carbonyl (C=O) groups is 1. The number of anilines is 1. The average Bonchev–Trinajstić information content (AvgIpc) is 3.02. The van der Waals surface area contributed by atoms with Crippen LogP contribution in [0.5, 0.6) is 0 Å². The van der Waals surface area contributed by atoms with Crippen LogP contribution in [0.3, 0.4) is 0 Å². The van der Waals surface area contributed by atoms with Gasteiger partial charge in [0.1, 0.15) is 0 Å². The molecule has 0 aliphatic carbocycles. The van der Waals surface area contributed by atoms with Gasteiger partial charge in [0.05, 0.1) is 6.26 Å². The van der Waals surface area contributed by atoms with E-state index in [1.54, 1.807) is 4.31 Å². The largest absolute Gasteiger partial charge is 0.361 e. The first-order valence-electron chi connectivity index (χ1n) is 8.52. The maximum absolute atomic E-state index is 12.0. The number of aromatic amines is 1. The standard InChI is InChI=1S/C17H24N4O3S/c1-25(23,24)21-11-3-2-4-15(21)8-10-19-17(22)20-14-5-6-16-13(12-14)7-9-18-16/h5-7,9,12,15,18H,2-4,8,10-11H2,1H3,(H2,19,20,22)/t15-/m1/s1. The van der Waals surface area contributed by atoms with Crippen LogP contribution < -0.4 is 10.6 Å². The lowest BCUT2D eigenvalue weighted by molar-refractivity contribution is 0.235. The number of hydrogen-bond acceptors (Lipinski definition) is 3. The summed E-state index contributed by atoms with van der Waals surface area (Å²) in [5.74, 6) is 0. The van der Waals surface area contributed by atoms with Crippen LogP contribution in [0, 0.1) is 0 Å². The van der Waals surface area contributed by atoms with Gasteiger partial charge in [0.15, 0.2) is 0 Å². The molecule has 1 atom stereocenters. The smallest absolute Gasteiger partial charge is 0.319 e. The number of nitrogens with zero attached hydrogens (tertiary/aromatic N) is 1. The molecule has 3 rings (SSSR count). The van der Waals surface area contributed by atoms with Crippen molar-refractivity contribution in [1.29, 1.82) is 0 Å². The first-order valence-corrected chi connectivity index (χ1v) is 10.4. The summed E-state index contributed by atoms with van der Waals surface area (Å²) in [7, 11) is -3.19. The molecule has 1 aliphatic rings. The predicted octanol–water partition coefficient (Wildman–Crippen LogP) is 2.49. The lowest BCUT2D eigenvalue weighted by Gasteiger charge is -2.33. The molecule has 1 aliphatic heterocycles. The van der Waals surface area contributed by atoms with Crippen LogP contribution in [0.15, 0.2) is 30.5 Å². The molecule has 0 bridgehead atoms. The molecule has 7 nitrogen and oxygen atoms in total. The first-order chi connectivity index (χ1) is 11.9. The van der Waals surface area contributed by atoms with Gasteiger partial charge in [-0.15, -0.1) is 0 Å². The van der Waals surface area contributed by atoms with Crippen molar-refractivity contribution < 1.29 is 13.2 Å². The second-order valence-corrected chi connectivity index (χ2v) is 8.41. The minimum absolute atomic E-state index is 0.0275. The van der Waals surface area contributed by atoms with E-state index in [0.717, 1.165) is 35.9 Å². The molecule has 0 unspecified atom stereocenters. The van der Waals surface area contributed by atoms with E-state index in [9.17, 15) is 13.2 Å². The fourth-order valence-electron chi connectivity index (χ4n) is 3.36. The van der Waals surface area contributed by atoms with E-state index in [0.29, 0.717) is 19.5 Å². The van der Waals surface area contributed by atoms with Crippen LogP contribution >= 0.6 is 0 Å². The maximum atomic E-state index is 12.0. The lowest BCUT2D eigenvalue weighted by atomic mass is 10.0. The van der Waals surface area contributed by atoms with E-state index >= 15 is 0 Å². The molecule has 25 heavy (non-hydrogen) atoms. The summed E-state index contributed by atoms with van der Waals surface area (Å²) in [5.41, 5.74) is 1.74. The molecule has 0 spiro atoms. The minimum atomic E-state index is -3.19. The highest BCUT2D eigenvalue weighted by Crippen LogP contribution is 2.22. The van der Waals surface area contributed by atoms with Crippen molar-refractivity contribution in [3.63, 3.8) is 0 Å². The van der Waals surface area contributed by atoms with Crippen LogP contribution in [0.4, 0.5) is 10.5 Å². The van der Waals surface area contributed by atoms with Gasteiger partial charge < -0.3 is 15.6 Å². The summed E-state index contributed by atoms with van der Waals surface area (Å²) >= 11 is 0. The van der Waals surface area contributed by atoms with Crippen molar-refractivity contribution in [1.82, 2.24) is 14.6 Å². The van der Waals surface area contributed by atoms with Crippen LogP contribution in [0.2, 0.25) is 0 Å². The monoisotopic (exact) mass is 364 g/mol. The zero-order chi connectivity index (χ0) is 17.9. The Hall–Kier alpha value is -2.06. The van der Waals surface area contributed by atoms with E-state index < -0.39 is 10.0 Å². The number of fused-ring (bicyclic) bond motifs is 1. The number of amides is 2. The number of carbonyl (C=O) groups excluding carboxylic acids is 1. The molecule has 1 aromatic carbocycles. The quantitative estimate of drug-likeness (QED) is 0.761. The van der Waals surface area contributed by atoms with Gasteiger partial charge in [0.2, 0.25) is 10.0 Å². The number of benzene rings is 1. The minimum Gasteiger partial charge on any atom is -0.361 e. The molecule has 0 saturated carbocycles. The lowest BCUT2D eigenvalue weighted by Crippen LogP contribution is -2.44. The third-order valence-corrected chi connectivity index (χ3v) is 5.91. The van der Waals surface area contributed by atoms with Gasteiger partial charge in [-0.3, -0.25) is 0 Å². The molecule has 1 saturated heterocycles. The molecule has 3 N–H and O–H groups in total. The Kier molecular flexibility index (Phi) is 5.29. The second kappa shape index (κ2) is 7.45. The maximum Gasteiger partial charge on any atom is 0.319 e. The molecule has 8 heteroatoms. The summed E-state index contributed by atoms with van der Waals surface area (Å²) < 4.78 is 25.3. The van der Waals surface area contributed by atoms with Crippen LogP contribution in [0.25, 0.3) is 10.9 Å². The molecule has 136 valence electrons. The van der Waals surface area contributed by atoms with Gasteiger partial charge in [0, 0.05) is 41.9 Å². The topological polar surface area (TPSA) is 94.3 Å². The number of sulfonamides is 1. The Balaban J connectivity index is 1.50. The second-order valence-electron chi connectivity index (χ2n) is 6.47. The van der Waals surface area contributed by atoms with Crippen molar-refractivity contribution in [2.24, 2.45) is 0 Å². The highest BCUT2D eigenvalue weighted by atomic mass is 32.2. The summed E-state index contributed by atoms with van der Waals surface area (Å²) in [6.07, 6.45) is 6.51. The van der Waals surface area contributed by atoms with E-state index in [-0.39, 0.29) is 12.1 Å². The Labute approximate surface area is 147 Å². The molecular formula is C17H24N4O3S. The number of rotatable bonds is 5. The number of aromatic nitrogens is 1. The predicted molar refractivity (Wildman–Crippen MR) is 99.1 cm³/mol. The average molecular weight is 364 g/mol. The summed E-state index contributed by atoms with van der Waals surface area (Å²) in [6, 6.07) is 7.29. The SMILES string of the molecule is CS(=O)(=O)N1CCCC[C@@H]1CCNC(=O)Nc1ccc2[nH]ccc2c1. The van der Waals surface area contributed by atoms with E-state index in [2.05, 4.69) is 15.6 Å². The van der Waals surface area contributed by atoms with Gasteiger partial charge >= 0.3 is 6.03 Å². The highest BCUT2D eigenvalue weighted by Gasteiger charge is 2.28. The normalized spacial score (nSPS) is 19.0. The molecular weight excluding hydrogens is 340 g/mol. The molecule has 2 heterocycles. The summed E-state index contributed by atoms with van der Waals surface area (Å²) in [6.45, 7) is 1.02. The Morgan fingerprint density at radius 3 is 2.96 bits per heavy atom. The van der Waals surface area contributed by atoms with Crippen molar-refractivity contribution in [3.05, 3.63) is 30.5 Å². The van der Waals surface area contributed by atoms with Crippen LogP contribution in [0.1, 0.15) is 25.7 Å². The van der Waals surface area contributed by atoms with Crippen LogP contribution in [-0.2, 0) is 10.0 Å². The zero-order valence-electron chi connectivity index (χ0n) is 14.3. The molecule has 1 aromatic heterocycles. The van der Waals surface area contributed by atoms with E-state index in [4.69, 9.17) is 0 Å². The van der Waals surface area contributed by atoms with Gasteiger partial charge in [-0.1, -0.05) is 6.42 Å². The van der Waals surface area contributed by atoms with Gasteiger partial charge in [0.25, 0.3) is 0 Å². The third-order valence-electron chi connectivity index (χ3n) is 4.57. The fourth-order valence-corrected chi connectivity index (χ4v) is 4.57. The third kappa shape index (κ3) is 4.52. The summed E-state index contributed by atoms with van der Waals surface area (Å²) in [5, 5.41) is 6.65. The van der Waals surface area contributed by atoms with Crippen molar-refractivity contribution in [2.45, 2.75) is 31.7 Å². The fraction of sp³-hybridized carbons (Fsp3) is 0.471. The van der Waals surface area contributed by atoms with Crippen molar-refractivity contribution in [3.8, 4) is 0 Å². The highest BCUT2D eigenvalue weighted by molar-refractivity contribution is 7.88. The van der Waals surface area contributed by atoms with E-state index in [1.165, 1.54) is 6.26 Å². The number of H-pyrrole nitrogens is 1. The van der Waals surface area contributed by atoms with E-state index in [1.807, 2.05) is 30.5 Å². The van der Waals surface area contributed by atoms with Gasteiger partial charge in [-0.05, 0) is 43.5 Å². The Morgan fingerprint density at radius 2 is 2.16 bits per heavy atom. The molecule has 2 amide bonds. The number of hydrogen-bond donors (Lipinski definition) is 3. The van der Waals surface area contributed by atoms with Crippen molar-refractivity contribution in [2.75, 3.05) is 24.7 Å². The van der Waals surface area contributed by atoms with Gasteiger partial charge in [-0.25, -0.2) is 13.2 Å². The summed E-state index contributed by atoms with van der Waals surface area (Å²) in [4.78, 5) is 15.1. The molecule has 2 aromatic rings. The zero-order valence-corrected chi connectivity index (χ0v) is 15.1. The van der Waals surface area contributed by atoms with Gasteiger partial charge in [-0.2, -0.15) is 4.31 Å². The number of urea groups is 1. The molecule has 0 radical (unpaired) electrons. The Morgan fingerprint density at radius 1 is 1.32 bits per heavy atom. The Bertz CT molecular complexity index is 846. The van der Waals surface area contributed by atoms with Crippen LogP contribution in [-0.4, -0.2) is 49.1 Å². The number of piperidine rings is 1. The first kappa shape index (κ1) is 17.8. The van der Waals surface area contributed by atoms with Crippen molar-refractivity contribution >= 4 is 32.6 Å². The number of nitrogens with one attached hydrogen (secondary N) is 3.